The molecule has 1 aromatic heterocycles. The van der Waals surface area contributed by atoms with Gasteiger partial charge < -0.3 is 14.3 Å². The molecule has 2 aromatic carbocycles. The Morgan fingerprint density at radius 2 is 1.96 bits per heavy atom. The summed E-state index contributed by atoms with van der Waals surface area (Å²) in [5, 5.41) is 9.01. The molecule has 0 saturated carbocycles. The van der Waals surface area contributed by atoms with Crippen molar-refractivity contribution in [3.8, 4) is 5.75 Å². The first kappa shape index (κ1) is 17.2. The highest BCUT2D eigenvalue weighted by Gasteiger charge is 2.19. The molecule has 3 aromatic rings. The highest BCUT2D eigenvalue weighted by atomic mass is 35.7. The number of aromatic carboxylic acids is 1. The molecule has 0 aliphatic rings. The number of carboxylic acid groups (broad SMARTS) is 1. The molecule has 0 bridgehead atoms. The molecule has 25 heavy (non-hydrogen) atoms. The van der Waals surface area contributed by atoms with Gasteiger partial charge in [-0.3, -0.25) is 4.79 Å². The predicted molar refractivity (Wildman–Crippen MR) is 91.2 cm³/mol. The molecule has 0 saturated heterocycles. The van der Waals surface area contributed by atoms with E-state index in [0.29, 0.717) is 0 Å². The standard InChI is InChI=1S/C16H11ClO7S/c1-2-23-13-7-9(25(17,21)22)6-11-14(18)10-5-8(16(19)20)3-4-12(10)24-15(11)13/h3-7H,2H2,1H3,(H,19,20). The summed E-state index contributed by atoms with van der Waals surface area (Å²) in [5.74, 6) is -1.14. The second kappa shape index (κ2) is 6.05. The van der Waals surface area contributed by atoms with E-state index in [1.807, 2.05) is 0 Å². The van der Waals surface area contributed by atoms with E-state index in [9.17, 15) is 18.0 Å². The van der Waals surface area contributed by atoms with Crippen molar-refractivity contribution in [1.82, 2.24) is 0 Å². The zero-order chi connectivity index (χ0) is 18.4. The number of benzene rings is 2. The van der Waals surface area contributed by atoms with E-state index in [1.54, 1.807) is 6.92 Å². The molecule has 0 unspecified atom stereocenters. The van der Waals surface area contributed by atoms with Crippen molar-refractivity contribution < 1.29 is 27.5 Å². The van der Waals surface area contributed by atoms with Gasteiger partial charge in [0.1, 0.15) is 5.58 Å². The summed E-state index contributed by atoms with van der Waals surface area (Å²) in [6.07, 6.45) is 0. The van der Waals surface area contributed by atoms with Crippen molar-refractivity contribution in [2.75, 3.05) is 6.61 Å². The molecule has 130 valence electrons. The van der Waals surface area contributed by atoms with Crippen LogP contribution in [-0.2, 0) is 9.05 Å². The number of carbonyl (C=O) groups is 1. The topological polar surface area (TPSA) is 111 Å². The zero-order valence-electron chi connectivity index (χ0n) is 12.8. The number of hydrogen-bond donors (Lipinski definition) is 1. The molecule has 0 atom stereocenters. The number of carboxylic acids is 1. The number of hydrogen-bond acceptors (Lipinski definition) is 6. The fourth-order valence-electron chi connectivity index (χ4n) is 2.44. The van der Waals surface area contributed by atoms with Gasteiger partial charge in [-0.05, 0) is 31.2 Å². The van der Waals surface area contributed by atoms with E-state index < -0.39 is 20.4 Å². The third-order valence-corrected chi connectivity index (χ3v) is 4.87. The maximum atomic E-state index is 12.8. The summed E-state index contributed by atoms with van der Waals surface area (Å²) < 4.78 is 34.3. The Hall–Kier alpha value is -2.58. The first-order valence-electron chi connectivity index (χ1n) is 7.07. The van der Waals surface area contributed by atoms with Crippen LogP contribution < -0.4 is 10.2 Å². The van der Waals surface area contributed by atoms with Gasteiger partial charge in [-0.1, -0.05) is 0 Å². The third kappa shape index (κ3) is 3.06. The van der Waals surface area contributed by atoms with Crippen LogP contribution in [0.2, 0.25) is 0 Å². The summed E-state index contributed by atoms with van der Waals surface area (Å²) in [7, 11) is 1.27. The second-order valence-corrected chi connectivity index (χ2v) is 7.68. The lowest BCUT2D eigenvalue weighted by atomic mass is 10.1. The van der Waals surface area contributed by atoms with Gasteiger partial charge in [-0.25, -0.2) is 13.2 Å². The molecule has 0 aliphatic carbocycles. The van der Waals surface area contributed by atoms with Crippen LogP contribution in [0.25, 0.3) is 21.9 Å². The van der Waals surface area contributed by atoms with E-state index >= 15 is 0 Å². The number of fused-ring (bicyclic) bond motifs is 2. The maximum absolute atomic E-state index is 12.8. The number of ether oxygens (including phenoxy) is 1. The van der Waals surface area contributed by atoms with E-state index in [-0.39, 0.29) is 44.8 Å². The van der Waals surface area contributed by atoms with E-state index in [1.165, 1.54) is 24.3 Å². The van der Waals surface area contributed by atoms with Crippen LogP contribution in [0.3, 0.4) is 0 Å². The van der Waals surface area contributed by atoms with Crippen LogP contribution >= 0.6 is 10.7 Å². The zero-order valence-corrected chi connectivity index (χ0v) is 14.3. The fraction of sp³-hybridized carbons (Fsp3) is 0.125. The first-order valence-corrected chi connectivity index (χ1v) is 9.38. The minimum atomic E-state index is -4.11. The molecule has 9 heteroatoms. The van der Waals surface area contributed by atoms with Crippen molar-refractivity contribution in [2.24, 2.45) is 0 Å². The summed E-state index contributed by atoms with van der Waals surface area (Å²) in [6, 6.07) is 6.09. The fourth-order valence-corrected chi connectivity index (χ4v) is 3.21. The molecular weight excluding hydrogens is 372 g/mol. The highest BCUT2D eigenvalue weighted by Crippen LogP contribution is 2.32. The van der Waals surface area contributed by atoms with Gasteiger partial charge in [0, 0.05) is 16.7 Å². The maximum Gasteiger partial charge on any atom is 0.335 e. The van der Waals surface area contributed by atoms with Gasteiger partial charge in [0.05, 0.1) is 27.8 Å². The Bertz CT molecular complexity index is 1180. The van der Waals surface area contributed by atoms with E-state index in [0.717, 1.165) is 6.07 Å². The molecule has 0 radical (unpaired) electrons. The Morgan fingerprint density at radius 3 is 2.56 bits per heavy atom. The molecule has 0 fully saturated rings. The lowest BCUT2D eigenvalue weighted by Gasteiger charge is -2.09. The Labute approximate surface area is 145 Å². The van der Waals surface area contributed by atoms with E-state index in [2.05, 4.69) is 0 Å². The molecule has 3 rings (SSSR count). The minimum Gasteiger partial charge on any atom is -0.490 e. The van der Waals surface area contributed by atoms with Gasteiger partial charge in [0.2, 0.25) is 5.43 Å². The van der Waals surface area contributed by atoms with Crippen LogP contribution in [0.4, 0.5) is 0 Å². The Morgan fingerprint density at radius 1 is 1.24 bits per heavy atom. The molecule has 0 amide bonds. The molecule has 0 spiro atoms. The molecular formula is C16H11ClO7S. The lowest BCUT2D eigenvalue weighted by Crippen LogP contribution is -2.07. The minimum absolute atomic E-state index is 0.0129. The summed E-state index contributed by atoms with van der Waals surface area (Å²) in [6.45, 7) is 1.90. The van der Waals surface area contributed by atoms with Crippen molar-refractivity contribution in [3.05, 3.63) is 46.1 Å². The molecule has 0 aliphatic heterocycles. The van der Waals surface area contributed by atoms with Crippen molar-refractivity contribution >= 4 is 47.6 Å². The Kier molecular flexibility index (Phi) is 4.18. The van der Waals surface area contributed by atoms with Gasteiger partial charge in [0.15, 0.2) is 11.3 Å². The Balaban J connectivity index is 2.48. The smallest absolute Gasteiger partial charge is 0.335 e. The molecule has 7 nitrogen and oxygen atoms in total. The number of rotatable bonds is 4. The average Bonchev–Trinajstić information content (AvgIpc) is 2.54. The van der Waals surface area contributed by atoms with Gasteiger partial charge in [-0.15, -0.1) is 0 Å². The summed E-state index contributed by atoms with van der Waals surface area (Å²) >= 11 is 0. The normalized spacial score (nSPS) is 11.8. The largest absolute Gasteiger partial charge is 0.490 e. The third-order valence-electron chi connectivity index (χ3n) is 3.54. The summed E-state index contributed by atoms with van der Waals surface area (Å²) in [4.78, 5) is 23.5. The average molecular weight is 383 g/mol. The van der Waals surface area contributed by atoms with Gasteiger partial charge in [0.25, 0.3) is 9.05 Å². The van der Waals surface area contributed by atoms with Crippen LogP contribution in [0.1, 0.15) is 17.3 Å². The number of halogens is 1. The van der Waals surface area contributed by atoms with Crippen LogP contribution in [0, 0.1) is 0 Å². The van der Waals surface area contributed by atoms with Crippen molar-refractivity contribution in [1.29, 1.82) is 0 Å². The second-order valence-electron chi connectivity index (χ2n) is 5.12. The van der Waals surface area contributed by atoms with Crippen LogP contribution in [-0.4, -0.2) is 26.1 Å². The van der Waals surface area contributed by atoms with Crippen molar-refractivity contribution in [3.63, 3.8) is 0 Å². The van der Waals surface area contributed by atoms with Crippen LogP contribution in [0.15, 0.2) is 44.4 Å². The van der Waals surface area contributed by atoms with E-state index in [4.69, 9.17) is 24.9 Å². The molecule has 1 N–H and O–H groups in total. The highest BCUT2D eigenvalue weighted by molar-refractivity contribution is 8.13. The van der Waals surface area contributed by atoms with Crippen LogP contribution in [0.5, 0.6) is 5.75 Å². The van der Waals surface area contributed by atoms with Crippen molar-refractivity contribution in [2.45, 2.75) is 11.8 Å². The predicted octanol–water partition coefficient (Wildman–Crippen LogP) is 2.97. The molecule has 1 heterocycles. The monoisotopic (exact) mass is 382 g/mol. The SMILES string of the molecule is CCOc1cc(S(=O)(=O)Cl)cc2c(=O)c3cc(C(=O)O)ccc3oc12. The lowest BCUT2D eigenvalue weighted by molar-refractivity contribution is 0.0697. The van der Waals surface area contributed by atoms with Gasteiger partial charge in [-0.2, -0.15) is 0 Å². The quantitative estimate of drug-likeness (QED) is 0.545. The first-order chi connectivity index (χ1) is 11.7. The summed E-state index contributed by atoms with van der Waals surface area (Å²) in [5.41, 5.74) is -0.454. The van der Waals surface area contributed by atoms with Gasteiger partial charge >= 0.3 is 5.97 Å².